The third-order valence-electron chi connectivity index (χ3n) is 13.8. The van der Waals surface area contributed by atoms with Crippen LogP contribution >= 0.6 is 0 Å². The van der Waals surface area contributed by atoms with Gasteiger partial charge in [-0.3, -0.25) is 9.59 Å². The number of hydrogen-bond donors (Lipinski definition) is 0. The third-order valence-corrected chi connectivity index (χ3v) is 13.8. The number of aliphatic carboxylic acids is 1. The molecule has 0 aliphatic heterocycles. The van der Waals surface area contributed by atoms with Crippen LogP contribution in [0.2, 0.25) is 0 Å². The maximum Gasteiger partial charge on any atom is 0.306 e. The van der Waals surface area contributed by atoms with Crippen molar-refractivity contribution >= 4 is 17.9 Å². The fourth-order valence-electron chi connectivity index (χ4n) is 8.98. The fourth-order valence-corrected chi connectivity index (χ4v) is 8.98. The Morgan fingerprint density at radius 3 is 1.13 bits per heavy atom. The Morgan fingerprint density at radius 1 is 0.413 bits per heavy atom. The van der Waals surface area contributed by atoms with Crippen LogP contribution in [0, 0.1) is 0 Å². The first-order valence-electron chi connectivity index (χ1n) is 31.4. The molecule has 0 heterocycles. The van der Waals surface area contributed by atoms with Gasteiger partial charge in [-0.1, -0.05) is 274 Å². The summed E-state index contributed by atoms with van der Waals surface area (Å²) in [7, 11) is 5.92. The number of carboxylic acid groups (broad SMARTS) is 1. The van der Waals surface area contributed by atoms with Gasteiger partial charge in [-0.25, -0.2) is 0 Å². The number of nitrogens with zero attached hydrogens (tertiary/aromatic N) is 1. The smallest absolute Gasteiger partial charge is 0.306 e. The molecule has 436 valence electrons. The highest BCUT2D eigenvalue weighted by molar-refractivity contribution is 5.70. The average molecular weight is 1050 g/mol. The van der Waals surface area contributed by atoms with E-state index in [2.05, 4.69) is 74.6 Å². The molecule has 0 aliphatic carbocycles. The number of ether oxygens (including phenoxy) is 4. The van der Waals surface area contributed by atoms with Crippen LogP contribution in [-0.2, 0) is 33.3 Å². The summed E-state index contributed by atoms with van der Waals surface area (Å²) in [4.78, 5) is 37.4. The van der Waals surface area contributed by atoms with Gasteiger partial charge in [0.1, 0.15) is 13.2 Å². The van der Waals surface area contributed by atoms with E-state index in [1.807, 2.05) is 21.1 Å². The van der Waals surface area contributed by atoms with Gasteiger partial charge in [0, 0.05) is 12.8 Å². The Labute approximate surface area is 463 Å². The molecule has 75 heavy (non-hydrogen) atoms. The fraction of sp³-hybridized carbons (Fsp3) is 0.803. The largest absolute Gasteiger partial charge is 0.545 e. The summed E-state index contributed by atoms with van der Waals surface area (Å²) in [5.74, 6) is -2.29. The molecule has 0 aromatic carbocycles. The number of rotatable bonds is 58. The molecule has 0 radical (unpaired) electrons. The van der Waals surface area contributed by atoms with Gasteiger partial charge >= 0.3 is 11.9 Å². The minimum Gasteiger partial charge on any atom is -0.545 e. The van der Waals surface area contributed by atoms with E-state index in [4.69, 9.17) is 18.9 Å². The topological polar surface area (TPSA) is 111 Å². The molecule has 0 fully saturated rings. The van der Waals surface area contributed by atoms with Gasteiger partial charge in [0.15, 0.2) is 12.4 Å². The quantitative estimate of drug-likeness (QED) is 0.0195. The molecule has 0 aliphatic rings. The normalized spacial score (nSPS) is 13.1. The number of quaternary nitrogens is 1. The lowest BCUT2D eigenvalue weighted by atomic mass is 10.0. The van der Waals surface area contributed by atoms with Crippen LogP contribution in [0.4, 0.5) is 0 Å². The summed E-state index contributed by atoms with van der Waals surface area (Å²) in [5, 5.41) is 11.8. The standard InChI is InChI=1S/C66H119NO8/c1-6-8-10-12-14-16-18-20-22-24-26-28-30-31-32-33-35-36-38-40-42-44-46-48-50-52-54-56-63(68)73-60-62(61-74-66(65(70)71)72-59-58-67(3,4)5)75-64(69)57-55-53-51-49-47-45-43-41-39-37-34-29-27-25-23-21-19-17-15-13-11-9-7-2/h9,11,15,17,21,23,27,29,37,39,62,66H,6-8,10,12-14,16,18-20,22,24-26,28,30-36,38,40-61H2,1-5H3/b11-9-,17-15-,23-21-,29-27-,39-37-. The minimum atomic E-state index is -1.63. The first-order chi connectivity index (χ1) is 36.6. The SMILES string of the molecule is CC/C=C\C/C=C\C/C=C\C/C=C\C/C=C\CCCCCCCCCC(=O)OC(COC(=O)CCCCCCCCCCCCCCCCCCCCCCCCCCCCC)COC(OCC[N+](C)(C)C)C(=O)[O-]. The predicted octanol–water partition coefficient (Wildman–Crippen LogP) is 17.5. The summed E-state index contributed by atoms with van der Waals surface area (Å²) in [6.45, 7) is 4.66. The van der Waals surface area contributed by atoms with Crippen molar-refractivity contribution < 1.29 is 42.9 Å². The van der Waals surface area contributed by atoms with E-state index >= 15 is 0 Å². The van der Waals surface area contributed by atoms with Gasteiger partial charge in [0.2, 0.25) is 0 Å². The van der Waals surface area contributed by atoms with Gasteiger partial charge in [-0.15, -0.1) is 0 Å². The second-order valence-electron chi connectivity index (χ2n) is 22.3. The van der Waals surface area contributed by atoms with Crippen molar-refractivity contribution in [2.45, 2.75) is 296 Å². The van der Waals surface area contributed by atoms with Crippen molar-refractivity contribution in [1.82, 2.24) is 0 Å². The summed E-state index contributed by atoms with van der Waals surface area (Å²) in [6.07, 6.45) is 70.0. The summed E-state index contributed by atoms with van der Waals surface area (Å²) >= 11 is 0. The molecule has 0 spiro atoms. The van der Waals surface area contributed by atoms with Crippen LogP contribution in [0.15, 0.2) is 60.8 Å². The van der Waals surface area contributed by atoms with Gasteiger partial charge in [0.05, 0.1) is 40.3 Å². The average Bonchev–Trinajstić information content (AvgIpc) is 3.38. The van der Waals surface area contributed by atoms with Crippen molar-refractivity contribution in [2.75, 3.05) is 47.5 Å². The van der Waals surface area contributed by atoms with Crippen molar-refractivity contribution in [1.29, 1.82) is 0 Å². The lowest BCUT2D eigenvalue weighted by molar-refractivity contribution is -0.870. The molecule has 0 saturated carbocycles. The molecule has 0 bridgehead atoms. The summed E-state index contributed by atoms with van der Waals surface area (Å²) < 4.78 is 22.7. The number of esters is 2. The molecule has 9 heteroatoms. The second-order valence-corrected chi connectivity index (χ2v) is 22.3. The van der Waals surface area contributed by atoms with Crippen molar-refractivity contribution in [3.8, 4) is 0 Å². The van der Waals surface area contributed by atoms with Crippen LogP contribution in [0.25, 0.3) is 0 Å². The van der Waals surface area contributed by atoms with Crippen molar-refractivity contribution in [3.05, 3.63) is 60.8 Å². The van der Waals surface area contributed by atoms with Gasteiger partial charge in [0.25, 0.3) is 0 Å². The maximum atomic E-state index is 12.9. The van der Waals surface area contributed by atoms with Crippen LogP contribution in [0.3, 0.4) is 0 Å². The molecule has 0 aromatic heterocycles. The zero-order valence-electron chi connectivity index (χ0n) is 49.7. The zero-order valence-corrected chi connectivity index (χ0v) is 49.7. The highest BCUT2D eigenvalue weighted by atomic mass is 16.7. The van der Waals surface area contributed by atoms with Crippen LogP contribution < -0.4 is 5.11 Å². The number of carbonyl (C=O) groups is 3. The van der Waals surface area contributed by atoms with E-state index in [1.165, 1.54) is 173 Å². The van der Waals surface area contributed by atoms with Gasteiger partial charge in [-0.2, -0.15) is 0 Å². The summed E-state index contributed by atoms with van der Waals surface area (Å²) in [6, 6.07) is 0. The predicted molar refractivity (Wildman–Crippen MR) is 315 cm³/mol. The van der Waals surface area contributed by atoms with Crippen molar-refractivity contribution in [2.24, 2.45) is 0 Å². The molecule has 0 saturated heterocycles. The van der Waals surface area contributed by atoms with Gasteiger partial charge < -0.3 is 33.3 Å². The van der Waals surface area contributed by atoms with Crippen molar-refractivity contribution in [3.63, 3.8) is 0 Å². The van der Waals surface area contributed by atoms with E-state index in [1.54, 1.807) is 0 Å². The highest BCUT2D eigenvalue weighted by Gasteiger charge is 2.22. The number of unbranched alkanes of at least 4 members (excludes halogenated alkanes) is 33. The van der Waals surface area contributed by atoms with E-state index < -0.39 is 24.3 Å². The van der Waals surface area contributed by atoms with E-state index in [0.717, 1.165) is 77.0 Å². The Kier molecular flexibility index (Phi) is 54.9. The monoisotopic (exact) mass is 1050 g/mol. The molecule has 0 aromatic rings. The Bertz CT molecular complexity index is 1410. The molecule has 2 atom stereocenters. The number of carboxylic acids is 1. The molecular weight excluding hydrogens is 935 g/mol. The number of allylic oxidation sites excluding steroid dienone is 10. The molecule has 9 nitrogen and oxygen atoms in total. The Morgan fingerprint density at radius 2 is 0.760 bits per heavy atom. The lowest BCUT2D eigenvalue weighted by Gasteiger charge is -2.26. The van der Waals surface area contributed by atoms with E-state index in [9.17, 15) is 19.5 Å². The third kappa shape index (κ3) is 58.5. The molecule has 2 unspecified atom stereocenters. The number of hydrogen-bond acceptors (Lipinski definition) is 8. The number of likely N-dealkylation sites (N-methyl/N-ethyl adjacent to an activating group) is 1. The minimum absolute atomic E-state index is 0.144. The molecular formula is C66H119NO8. The Balaban J connectivity index is 4.18. The first kappa shape index (κ1) is 72.0. The van der Waals surface area contributed by atoms with Crippen LogP contribution in [0.5, 0.6) is 0 Å². The lowest BCUT2D eigenvalue weighted by Crippen LogP contribution is -2.44. The molecule has 0 amide bonds. The van der Waals surface area contributed by atoms with Gasteiger partial charge in [-0.05, 0) is 57.8 Å². The van der Waals surface area contributed by atoms with E-state index in [0.29, 0.717) is 23.9 Å². The number of carbonyl (C=O) groups excluding carboxylic acids is 3. The van der Waals surface area contributed by atoms with Crippen LogP contribution in [-0.4, -0.2) is 82.3 Å². The second kappa shape index (κ2) is 57.2. The zero-order chi connectivity index (χ0) is 54.8. The highest BCUT2D eigenvalue weighted by Crippen LogP contribution is 2.17. The van der Waals surface area contributed by atoms with E-state index in [-0.39, 0.29) is 32.2 Å². The maximum absolute atomic E-state index is 12.9. The molecule has 0 N–H and O–H groups in total. The Hall–Kier alpha value is -3.01. The molecule has 0 rings (SSSR count). The van der Waals surface area contributed by atoms with Crippen LogP contribution in [0.1, 0.15) is 284 Å². The summed E-state index contributed by atoms with van der Waals surface area (Å²) in [5.41, 5.74) is 0. The first-order valence-corrected chi connectivity index (χ1v) is 31.4.